The molecule has 2 aromatic carbocycles. The summed E-state index contributed by atoms with van der Waals surface area (Å²) in [6.07, 6.45) is 2.41. The first kappa shape index (κ1) is 18.9. The predicted molar refractivity (Wildman–Crippen MR) is 117 cm³/mol. The lowest BCUT2D eigenvalue weighted by atomic mass is 9.63. The van der Waals surface area contributed by atoms with Crippen LogP contribution in [-0.4, -0.2) is 18.2 Å². The number of Topliss-reactive ketones (excluding diaryl/α,β-unsaturated/α-hetero) is 1. The van der Waals surface area contributed by atoms with Gasteiger partial charge < -0.3 is 15.4 Å². The third-order valence-electron chi connectivity index (χ3n) is 7.22. The molecule has 1 aliphatic carbocycles. The molecule has 6 rings (SSSR count). The summed E-state index contributed by atoms with van der Waals surface area (Å²) in [5.41, 5.74) is 8.68. The van der Waals surface area contributed by atoms with Crippen LogP contribution in [0.4, 0.5) is 5.69 Å². The summed E-state index contributed by atoms with van der Waals surface area (Å²) in [6.45, 7) is 0.563. The molecule has 2 unspecified atom stereocenters. The number of amides is 1. The maximum Gasteiger partial charge on any atom is 0.247 e. The number of nitrogens with zero attached hydrogens (tertiary/aromatic N) is 2. The lowest BCUT2D eigenvalue weighted by molar-refractivity contribution is -0.125. The van der Waals surface area contributed by atoms with Crippen molar-refractivity contribution in [3.05, 3.63) is 88.0 Å². The topological polar surface area (TPSA) is 96.4 Å². The lowest BCUT2D eigenvalue weighted by Gasteiger charge is -2.39. The van der Waals surface area contributed by atoms with Gasteiger partial charge in [-0.3, -0.25) is 9.59 Å². The minimum absolute atomic E-state index is 0.0237. The Kier molecular flexibility index (Phi) is 3.88. The Morgan fingerprint density at radius 1 is 1.09 bits per heavy atom. The number of ether oxygens (including phenoxy) is 1. The number of allylic oxidation sites excluding steroid dienone is 1. The summed E-state index contributed by atoms with van der Waals surface area (Å²) in [4.78, 5) is 29.5. The molecule has 2 N–H and O–H groups in total. The first-order chi connectivity index (χ1) is 15.6. The molecular formula is C26H21N3O3. The SMILES string of the molecule is N#CC1=C(N)OC2=C(C(=O)CC(c3ccccc3)C2)C12C(=O)N1CCCc3cccc2c31. The Balaban J connectivity index is 1.61. The average molecular weight is 423 g/mol. The minimum atomic E-state index is -1.51. The van der Waals surface area contributed by atoms with Crippen LogP contribution in [0.25, 0.3) is 0 Å². The summed E-state index contributed by atoms with van der Waals surface area (Å²) in [6, 6.07) is 17.7. The van der Waals surface area contributed by atoms with Crippen LogP contribution in [0.2, 0.25) is 0 Å². The summed E-state index contributed by atoms with van der Waals surface area (Å²) in [7, 11) is 0. The van der Waals surface area contributed by atoms with Crippen molar-refractivity contribution in [1.82, 2.24) is 0 Å². The van der Waals surface area contributed by atoms with Crippen LogP contribution < -0.4 is 10.6 Å². The van der Waals surface area contributed by atoms with Gasteiger partial charge >= 0.3 is 0 Å². The van der Waals surface area contributed by atoms with E-state index in [0.717, 1.165) is 29.7 Å². The van der Waals surface area contributed by atoms with Gasteiger partial charge in [-0.15, -0.1) is 0 Å². The lowest BCUT2D eigenvalue weighted by Crippen LogP contribution is -2.49. The first-order valence-electron chi connectivity index (χ1n) is 10.9. The van der Waals surface area contributed by atoms with Crippen LogP contribution >= 0.6 is 0 Å². The number of nitrogens with two attached hydrogens (primary N) is 1. The number of para-hydroxylation sites is 1. The van der Waals surface area contributed by atoms with Crippen LogP contribution in [0.5, 0.6) is 0 Å². The van der Waals surface area contributed by atoms with Gasteiger partial charge in [0.15, 0.2) is 5.78 Å². The number of aryl methyl sites for hydroxylation is 1. The van der Waals surface area contributed by atoms with E-state index in [0.29, 0.717) is 29.9 Å². The van der Waals surface area contributed by atoms with Gasteiger partial charge in [0.25, 0.3) is 0 Å². The molecule has 6 heteroatoms. The van der Waals surface area contributed by atoms with Crippen molar-refractivity contribution < 1.29 is 14.3 Å². The van der Waals surface area contributed by atoms with E-state index in [2.05, 4.69) is 6.07 Å². The van der Waals surface area contributed by atoms with E-state index in [4.69, 9.17) is 10.5 Å². The highest BCUT2D eigenvalue weighted by molar-refractivity contribution is 6.20. The summed E-state index contributed by atoms with van der Waals surface area (Å²) in [5.74, 6) is -0.159. The Bertz CT molecular complexity index is 1300. The number of benzene rings is 2. The van der Waals surface area contributed by atoms with E-state index in [9.17, 15) is 14.9 Å². The summed E-state index contributed by atoms with van der Waals surface area (Å²) < 4.78 is 5.90. The van der Waals surface area contributed by atoms with Gasteiger partial charge in [-0.1, -0.05) is 48.5 Å². The Morgan fingerprint density at radius 3 is 2.69 bits per heavy atom. The fourth-order valence-corrected chi connectivity index (χ4v) is 5.94. The molecular weight excluding hydrogens is 402 g/mol. The molecule has 2 aromatic rings. The van der Waals surface area contributed by atoms with Gasteiger partial charge in [-0.2, -0.15) is 5.26 Å². The smallest absolute Gasteiger partial charge is 0.247 e. The van der Waals surface area contributed by atoms with E-state index in [-0.39, 0.29) is 35.5 Å². The maximum absolute atomic E-state index is 14.1. The number of anilines is 1. The second-order valence-corrected chi connectivity index (χ2v) is 8.81. The zero-order valence-electron chi connectivity index (χ0n) is 17.4. The molecule has 0 bridgehead atoms. The molecule has 6 nitrogen and oxygen atoms in total. The molecule has 158 valence electrons. The van der Waals surface area contributed by atoms with Crippen LogP contribution in [0.15, 0.2) is 71.3 Å². The predicted octanol–water partition coefficient (Wildman–Crippen LogP) is 3.34. The number of carbonyl (C=O) groups excluding carboxylic acids is 2. The van der Waals surface area contributed by atoms with Gasteiger partial charge in [-0.05, 0) is 29.9 Å². The number of rotatable bonds is 1. The Labute approximate surface area is 185 Å². The molecule has 3 heterocycles. The Morgan fingerprint density at radius 2 is 1.91 bits per heavy atom. The normalized spacial score (nSPS) is 26.1. The standard InChI is InChI=1S/C26H21N3O3/c27-14-19-24(28)32-21-13-17(15-6-2-1-3-7-15)12-20(30)22(21)26(19)18-10-4-8-16-9-5-11-29(23(16)18)25(26)31/h1-4,6-8,10,17H,5,9,11-13,28H2. The van der Waals surface area contributed by atoms with Crippen molar-refractivity contribution in [1.29, 1.82) is 5.26 Å². The molecule has 1 spiro atoms. The number of nitriles is 1. The number of hydrogen-bond acceptors (Lipinski definition) is 5. The molecule has 0 aromatic heterocycles. The molecule has 2 atom stereocenters. The van der Waals surface area contributed by atoms with E-state index in [1.165, 1.54) is 0 Å². The average Bonchev–Trinajstić information content (AvgIpc) is 3.05. The Hall–Kier alpha value is -3.85. The zero-order valence-corrected chi connectivity index (χ0v) is 17.4. The summed E-state index contributed by atoms with van der Waals surface area (Å²) >= 11 is 0. The highest BCUT2D eigenvalue weighted by atomic mass is 16.5. The van der Waals surface area contributed by atoms with E-state index in [1.807, 2.05) is 48.5 Å². The molecule has 4 aliphatic rings. The second-order valence-electron chi connectivity index (χ2n) is 8.81. The van der Waals surface area contributed by atoms with Gasteiger partial charge in [0, 0.05) is 24.9 Å². The zero-order chi connectivity index (χ0) is 22.0. The molecule has 0 saturated carbocycles. The third kappa shape index (κ3) is 2.23. The number of fused-ring (bicyclic) bond motifs is 2. The van der Waals surface area contributed by atoms with Gasteiger partial charge in [0.1, 0.15) is 22.8 Å². The largest absolute Gasteiger partial charge is 0.444 e. The van der Waals surface area contributed by atoms with Crippen LogP contribution in [-0.2, 0) is 26.2 Å². The van der Waals surface area contributed by atoms with E-state index in [1.54, 1.807) is 4.90 Å². The molecule has 1 amide bonds. The summed E-state index contributed by atoms with van der Waals surface area (Å²) in [5, 5.41) is 10.1. The fourth-order valence-electron chi connectivity index (χ4n) is 5.94. The monoisotopic (exact) mass is 423 g/mol. The van der Waals surface area contributed by atoms with Crippen molar-refractivity contribution in [3.63, 3.8) is 0 Å². The minimum Gasteiger partial charge on any atom is -0.444 e. The molecule has 0 saturated heterocycles. The number of ketones is 1. The molecule has 0 fully saturated rings. The van der Waals surface area contributed by atoms with Crippen molar-refractivity contribution >= 4 is 17.4 Å². The van der Waals surface area contributed by atoms with E-state index < -0.39 is 5.41 Å². The van der Waals surface area contributed by atoms with Gasteiger partial charge in [0.2, 0.25) is 11.8 Å². The number of hydrogen-bond donors (Lipinski definition) is 1. The highest BCUT2D eigenvalue weighted by Gasteiger charge is 2.63. The van der Waals surface area contributed by atoms with Crippen molar-refractivity contribution in [2.75, 3.05) is 11.4 Å². The highest BCUT2D eigenvalue weighted by Crippen LogP contribution is 2.58. The van der Waals surface area contributed by atoms with Crippen LogP contribution in [0.3, 0.4) is 0 Å². The van der Waals surface area contributed by atoms with Crippen molar-refractivity contribution in [3.8, 4) is 6.07 Å². The molecule has 0 radical (unpaired) electrons. The van der Waals surface area contributed by atoms with Gasteiger partial charge in [0.05, 0.1) is 11.3 Å². The van der Waals surface area contributed by atoms with Crippen LogP contribution in [0.1, 0.15) is 41.9 Å². The first-order valence-corrected chi connectivity index (χ1v) is 10.9. The van der Waals surface area contributed by atoms with Crippen LogP contribution in [0, 0.1) is 11.3 Å². The fraction of sp³-hybridized carbons (Fsp3) is 0.269. The number of carbonyl (C=O) groups is 2. The quantitative estimate of drug-likeness (QED) is 0.759. The maximum atomic E-state index is 14.1. The van der Waals surface area contributed by atoms with E-state index >= 15 is 0 Å². The van der Waals surface area contributed by atoms with Crippen molar-refractivity contribution in [2.24, 2.45) is 5.73 Å². The second kappa shape index (κ2) is 6.57. The van der Waals surface area contributed by atoms with Crippen molar-refractivity contribution in [2.45, 2.75) is 37.0 Å². The molecule has 32 heavy (non-hydrogen) atoms. The third-order valence-corrected chi connectivity index (χ3v) is 7.22. The van der Waals surface area contributed by atoms with Gasteiger partial charge in [-0.25, -0.2) is 0 Å². The molecule has 3 aliphatic heterocycles.